The van der Waals surface area contributed by atoms with E-state index in [0.29, 0.717) is 11.6 Å². The topological polar surface area (TPSA) is 79.3 Å². The molecule has 1 unspecified atom stereocenters. The maximum absolute atomic E-state index is 12.7. The normalized spacial score (nSPS) is 13.7. The van der Waals surface area contributed by atoms with Crippen molar-refractivity contribution in [3.8, 4) is 0 Å². The van der Waals surface area contributed by atoms with Crippen LogP contribution in [0.5, 0.6) is 0 Å². The largest absolute Gasteiger partial charge is 0.479 e. The fourth-order valence-electron chi connectivity index (χ4n) is 2.64. The molecule has 2 aromatic rings. The Bertz CT molecular complexity index is 822. The lowest BCUT2D eigenvalue weighted by Crippen LogP contribution is -2.51. The third-order valence-corrected chi connectivity index (χ3v) is 4.11. The molecule has 2 N–H and O–H groups in total. The minimum absolute atomic E-state index is 0.0468. The van der Waals surface area contributed by atoms with E-state index < -0.39 is 29.3 Å². The van der Waals surface area contributed by atoms with Gasteiger partial charge >= 0.3 is 12.1 Å². The van der Waals surface area contributed by atoms with E-state index in [9.17, 15) is 27.9 Å². The number of benzene rings is 1. The second kappa shape index (κ2) is 7.15. The van der Waals surface area contributed by atoms with Crippen molar-refractivity contribution in [2.24, 2.45) is 0 Å². The number of hydrogen-bond acceptors (Lipinski definition) is 3. The molecule has 0 bridgehead atoms. The number of rotatable bonds is 5. The minimum atomic E-state index is -4.63. The van der Waals surface area contributed by atoms with Crippen LogP contribution in [0.3, 0.4) is 0 Å². The fourth-order valence-corrected chi connectivity index (χ4v) is 2.64. The number of carbonyl (C=O) groups is 2. The van der Waals surface area contributed by atoms with Crippen LogP contribution in [0.1, 0.15) is 40.7 Å². The Labute approximate surface area is 147 Å². The standard InChI is InChI=1S/C18H17F3N2O3/c1-3-17(16(25)26,12-7-5-4-6-8-12)23-15(24)13-9-10-14(18(19,20)21)22-11(13)2/h4-10H,3H2,1-2H3,(H,23,24)(H,25,26). The Kier molecular flexibility index (Phi) is 5.34. The number of pyridine rings is 1. The van der Waals surface area contributed by atoms with E-state index in [2.05, 4.69) is 10.3 Å². The molecule has 1 amide bonds. The number of carboxylic acids is 1. The maximum atomic E-state index is 12.7. The number of alkyl halides is 3. The first kappa shape index (κ1) is 19.4. The Morgan fingerprint density at radius 3 is 2.19 bits per heavy atom. The Balaban J connectivity index is 2.41. The van der Waals surface area contributed by atoms with E-state index in [-0.39, 0.29) is 17.7 Å². The summed E-state index contributed by atoms with van der Waals surface area (Å²) in [5, 5.41) is 12.2. The summed E-state index contributed by atoms with van der Waals surface area (Å²) in [5.41, 5.74) is -2.71. The number of nitrogens with zero attached hydrogens (tertiary/aromatic N) is 1. The highest BCUT2D eigenvalue weighted by atomic mass is 19.4. The quantitative estimate of drug-likeness (QED) is 0.849. The number of aromatic nitrogens is 1. The van der Waals surface area contributed by atoms with Crippen molar-refractivity contribution in [1.82, 2.24) is 10.3 Å². The molecular weight excluding hydrogens is 349 g/mol. The molecule has 0 radical (unpaired) electrons. The van der Waals surface area contributed by atoms with E-state index in [1.54, 1.807) is 37.3 Å². The summed E-state index contributed by atoms with van der Waals surface area (Å²) in [6.45, 7) is 2.86. The molecule has 1 heterocycles. The lowest BCUT2D eigenvalue weighted by molar-refractivity contribution is -0.145. The lowest BCUT2D eigenvalue weighted by atomic mass is 9.86. The van der Waals surface area contributed by atoms with E-state index in [0.717, 1.165) is 6.07 Å². The summed E-state index contributed by atoms with van der Waals surface area (Å²) in [5.74, 6) is -2.08. The van der Waals surface area contributed by atoms with Crippen LogP contribution in [-0.2, 0) is 16.5 Å². The first-order valence-corrected chi connectivity index (χ1v) is 7.78. The molecule has 138 valence electrons. The summed E-state index contributed by atoms with van der Waals surface area (Å²) in [6.07, 6.45) is -4.58. The van der Waals surface area contributed by atoms with Crippen molar-refractivity contribution in [2.75, 3.05) is 0 Å². The van der Waals surface area contributed by atoms with Gasteiger partial charge in [0, 0.05) is 0 Å². The van der Waals surface area contributed by atoms with Gasteiger partial charge in [-0.25, -0.2) is 9.78 Å². The predicted molar refractivity (Wildman–Crippen MR) is 87.5 cm³/mol. The molecule has 8 heteroatoms. The summed E-state index contributed by atoms with van der Waals surface area (Å²) in [4.78, 5) is 27.9. The lowest BCUT2D eigenvalue weighted by Gasteiger charge is -2.30. The molecular formula is C18H17F3N2O3. The minimum Gasteiger partial charge on any atom is -0.479 e. The van der Waals surface area contributed by atoms with Gasteiger partial charge in [0.2, 0.25) is 0 Å². The van der Waals surface area contributed by atoms with E-state index >= 15 is 0 Å². The molecule has 0 saturated heterocycles. The van der Waals surface area contributed by atoms with Crippen molar-refractivity contribution in [1.29, 1.82) is 0 Å². The first-order chi connectivity index (χ1) is 12.1. The fraction of sp³-hybridized carbons (Fsp3) is 0.278. The molecule has 0 fully saturated rings. The smallest absolute Gasteiger partial charge is 0.433 e. The van der Waals surface area contributed by atoms with Crippen LogP contribution in [0.15, 0.2) is 42.5 Å². The summed E-state index contributed by atoms with van der Waals surface area (Å²) >= 11 is 0. The molecule has 1 aromatic carbocycles. The zero-order valence-corrected chi connectivity index (χ0v) is 14.1. The third-order valence-electron chi connectivity index (χ3n) is 4.11. The van der Waals surface area contributed by atoms with Gasteiger partial charge in [0.05, 0.1) is 11.3 Å². The molecule has 1 aromatic heterocycles. The highest BCUT2D eigenvalue weighted by Crippen LogP contribution is 2.29. The number of carboxylic acid groups (broad SMARTS) is 1. The second-order valence-corrected chi connectivity index (χ2v) is 5.71. The van der Waals surface area contributed by atoms with Crippen LogP contribution >= 0.6 is 0 Å². The van der Waals surface area contributed by atoms with Gasteiger partial charge in [-0.3, -0.25) is 4.79 Å². The Hall–Kier alpha value is -2.90. The van der Waals surface area contributed by atoms with Crippen LogP contribution in [0.4, 0.5) is 13.2 Å². The van der Waals surface area contributed by atoms with Gasteiger partial charge in [-0.05, 0) is 31.0 Å². The van der Waals surface area contributed by atoms with Crippen LogP contribution in [-0.4, -0.2) is 22.0 Å². The van der Waals surface area contributed by atoms with Gasteiger partial charge in [-0.2, -0.15) is 13.2 Å². The molecule has 1 atom stereocenters. The number of aliphatic carboxylic acids is 1. The molecule has 0 aliphatic rings. The molecule has 0 spiro atoms. The zero-order valence-electron chi connectivity index (χ0n) is 14.1. The molecule has 2 rings (SSSR count). The van der Waals surface area contributed by atoms with Gasteiger partial charge in [-0.15, -0.1) is 0 Å². The van der Waals surface area contributed by atoms with Crippen LogP contribution in [0.25, 0.3) is 0 Å². The van der Waals surface area contributed by atoms with E-state index in [4.69, 9.17) is 0 Å². The molecule has 0 saturated carbocycles. The molecule has 26 heavy (non-hydrogen) atoms. The Morgan fingerprint density at radius 1 is 1.12 bits per heavy atom. The van der Waals surface area contributed by atoms with Gasteiger partial charge < -0.3 is 10.4 Å². The number of aryl methyl sites for hydroxylation is 1. The number of nitrogens with one attached hydrogen (secondary N) is 1. The average Bonchev–Trinajstić information content (AvgIpc) is 2.59. The van der Waals surface area contributed by atoms with Crippen molar-refractivity contribution in [3.05, 3.63) is 65.0 Å². The first-order valence-electron chi connectivity index (χ1n) is 7.78. The number of hydrogen-bond donors (Lipinski definition) is 2. The van der Waals surface area contributed by atoms with Crippen LogP contribution in [0, 0.1) is 6.92 Å². The number of carbonyl (C=O) groups excluding carboxylic acids is 1. The third kappa shape index (κ3) is 3.68. The molecule has 0 aliphatic heterocycles. The highest BCUT2D eigenvalue weighted by molar-refractivity contribution is 5.99. The zero-order chi connectivity index (χ0) is 19.5. The average molecular weight is 366 g/mol. The molecule has 0 aliphatic carbocycles. The summed E-state index contributed by atoms with van der Waals surface area (Å²) in [6, 6.07) is 9.80. The van der Waals surface area contributed by atoms with Crippen molar-refractivity contribution >= 4 is 11.9 Å². The maximum Gasteiger partial charge on any atom is 0.433 e. The van der Waals surface area contributed by atoms with Gasteiger partial charge in [0.25, 0.3) is 5.91 Å². The summed E-state index contributed by atoms with van der Waals surface area (Å²) in [7, 11) is 0. The van der Waals surface area contributed by atoms with Crippen molar-refractivity contribution in [2.45, 2.75) is 32.0 Å². The Morgan fingerprint density at radius 2 is 1.73 bits per heavy atom. The SMILES string of the molecule is CCC(NC(=O)c1ccc(C(F)(F)F)nc1C)(C(=O)O)c1ccccc1. The summed E-state index contributed by atoms with van der Waals surface area (Å²) < 4.78 is 38.1. The molecule has 5 nitrogen and oxygen atoms in total. The van der Waals surface area contributed by atoms with Crippen molar-refractivity contribution in [3.63, 3.8) is 0 Å². The van der Waals surface area contributed by atoms with E-state index in [1.165, 1.54) is 6.92 Å². The predicted octanol–water partition coefficient (Wildman–Crippen LogP) is 3.53. The monoisotopic (exact) mass is 366 g/mol. The van der Waals surface area contributed by atoms with Crippen molar-refractivity contribution < 1.29 is 27.9 Å². The van der Waals surface area contributed by atoms with Gasteiger partial charge in [0.15, 0.2) is 5.54 Å². The van der Waals surface area contributed by atoms with Crippen LogP contribution in [0.2, 0.25) is 0 Å². The number of halogens is 3. The second-order valence-electron chi connectivity index (χ2n) is 5.71. The van der Waals surface area contributed by atoms with Crippen LogP contribution < -0.4 is 5.32 Å². The van der Waals surface area contributed by atoms with E-state index in [1.807, 2.05) is 0 Å². The number of amides is 1. The highest BCUT2D eigenvalue weighted by Gasteiger charge is 2.41. The van der Waals surface area contributed by atoms with Gasteiger partial charge in [-0.1, -0.05) is 37.3 Å². The van der Waals surface area contributed by atoms with Gasteiger partial charge in [0.1, 0.15) is 5.69 Å².